The maximum Gasteiger partial charge on any atom is 0.326 e. The lowest BCUT2D eigenvalue weighted by Gasteiger charge is -2.27. The topological polar surface area (TPSA) is 266 Å². The molecule has 15 heteroatoms. The van der Waals surface area contributed by atoms with E-state index in [1.165, 1.54) is 6.92 Å². The van der Waals surface area contributed by atoms with Crippen molar-refractivity contribution < 1.29 is 51.1 Å². The van der Waals surface area contributed by atoms with E-state index in [4.69, 9.17) is 0 Å². The summed E-state index contributed by atoms with van der Waals surface area (Å²) in [7, 11) is 0. The van der Waals surface area contributed by atoms with E-state index in [0.29, 0.717) is 32.4 Å². The average Bonchev–Trinajstić information content (AvgIpc) is 2.93. The molecule has 254 valence electrons. The van der Waals surface area contributed by atoms with Crippen LogP contribution in [0, 0.1) is 11.8 Å². The fraction of sp³-hybridized carbons (Fsp3) is 0.793. The third-order valence-corrected chi connectivity index (χ3v) is 7.02. The lowest BCUT2D eigenvalue weighted by molar-refractivity contribution is -0.398. The molecule has 0 aromatic heterocycles. The monoisotopic (exact) mass is 631 g/mol. The Morgan fingerprint density at radius 1 is 0.591 bits per heavy atom. The molecule has 0 heterocycles. The summed E-state index contributed by atoms with van der Waals surface area (Å²) in [6, 6.07) is -5.64. The number of aliphatic carboxylic acids is 1. The minimum absolute atomic E-state index is 0.00538. The summed E-state index contributed by atoms with van der Waals surface area (Å²) in [5.41, 5.74) is 11.3. The van der Waals surface area contributed by atoms with Gasteiger partial charge in [0.2, 0.25) is 23.6 Å². The summed E-state index contributed by atoms with van der Waals surface area (Å²) in [5, 5.41) is 22.8. The van der Waals surface area contributed by atoms with Crippen molar-refractivity contribution in [3.8, 4) is 0 Å². The SMILES string of the molecule is CC(C)C[C@H](NC(=O)[C@H](CCCC[NH3+])NC(=O)[C@H](CCCC[NH3+])NC(=O)[C@H](C)NC(=O)[C@H](C)[NH3+])C(=O)N[C@H](C(=O)O)C(C)C. The van der Waals surface area contributed by atoms with Gasteiger partial charge < -0.3 is 48.9 Å². The van der Waals surface area contributed by atoms with Gasteiger partial charge in [-0.3, -0.25) is 24.0 Å². The van der Waals surface area contributed by atoms with Crippen molar-refractivity contribution >= 4 is 35.5 Å². The van der Waals surface area contributed by atoms with E-state index in [1.807, 2.05) is 13.8 Å². The molecule has 0 aliphatic heterocycles. The molecule has 0 rings (SSSR count). The van der Waals surface area contributed by atoms with Gasteiger partial charge in [0.25, 0.3) is 5.91 Å². The molecule has 44 heavy (non-hydrogen) atoms. The number of carboxylic acids is 1. The van der Waals surface area contributed by atoms with Crippen LogP contribution in [0.2, 0.25) is 0 Å². The number of quaternary nitrogens is 3. The van der Waals surface area contributed by atoms with Crippen LogP contribution < -0.4 is 43.8 Å². The first-order valence-corrected chi connectivity index (χ1v) is 15.7. The number of carboxylic acid groups (broad SMARTS) is 1. The van der Waals surface area contributed by atoms with Gasteiger partial charge in [0.15, 0.2) is 6.04 Å². The summed E-state index contributed by atoms with van der Waals surface area (Å²) in [6.07, 6.45) is 3.39. The van der Waals surface area contributed by atoms with Crippen LogP contribution in [0.3, 0.4) is 0 Å². The highest BCUT2D eigenvalue weighted by Crippen LogP contribution is 2.10. The predicted octanol–water partition coefficient (Wildman–Crippen LogP) is -3.33. The summed E-state index contributed by atoms with van der Waals surface area (Å²) in [5.74, 6) is -4.31. The smallest absolute Gasteiger partial charge is 0.326 e. The Morgan fingerprint density at radius 3 is 1.41 bits per heavy atom. The first-order chi connectivity index (χ1) is 20.5. The van der Waals surface area contributed by atoms with Crippen molar-refractivity contribution in [3.63, 3.8) is 0 Å². The Labute approximate surface area is 260 Å². The molecule has 6 atom stereocenters. The highest BCUT2D eigenvalue weighted by molar-refractivity contribution is 5.96. The van der Waals surface area contributed by atoms with Crippen molar-refractivity contribution in [1.82, 2.24) is 26.6 Å². The third kappa shape index (κ3) is 16.0. The summed E-state index contributed by atoms with van der Waals surface area (Å²) < 4.78 is 0. The average molecular weight is 632 g/mol. The van der Waals surface area contributed by atoms with Crippen LogP contribution in [-0.4, -0.2) is 90.0 Å². The molecular formula is C29H59N8O7+3. The van der Waals surface area contributed by atoms with Crippen LogP contribution in [0.1, 0.15) is 86.5 Å². The lowest BCUT2D eigenvalue weighted by Crippen LogP contribution is -2.67. The maximum atomic E-state index is 13.5. The summed E-state index contributed by atoms with van der Waals surface area (Å²) >= 11 is 0. The first-order valence-electron chi connectivity index (χ1n) is 15.7. The van der Waals surface area contributed by atoms with Gasteiger partial charge in [0.1, 0.15) is 30.2 Å². The van der Waals surface area contributed by atoms with Crippen LogP contribution in [0.25, 0.3) is 0 Å². The van der Waals surface area contributed by atoms with Crippen LogP contribution in [0.5, 0.6) is 0 Å². The molecule has 0 aromatic rings. The number of hydrogen-bond donors (Lipinski definition) is 9. The molecule has 0 aliphatic rings. The normalized spacial score (nSPS) is 15.3. The number of unbranched alkanes of at least 4 members (excludes halogenated alkanes) is 2. The molecule has 0 unspecified atom stereocenters. The van der Waals surface area contributed by atoms with Gasteiger partial charge >= 0.3 is 5.97 Å². The van der Waals surface area contributed by atoms with Crippen molar-refractivity contribution in [2.45, 2.75) is 123 Å². The van der Waals surface area contributed by atoms with Gasteiger partial charge in [-0.15, -0.1) is 0 Å². The number of carbonyl (C=O) groups excluding carboxylic acids is 5. The standard InChI is InChI=1S/C29H56N8O7/c1-16(2)15-22(28(42)37-23(17(3)4)29(43)44)36-27(41)21(12-8-10-14-31)35-26(40)20(11-7-9-13-30)34-25(39)19(6)33-24(38)18(5)32/h16-23H,7-15,30-32H2,1-6H3,(H,33,38)(H,34,39)(H,35,40)(H,36,41)(H,37,42)(H,43,44)/p+3/t18-,19-,20-,21-,22-,23-/m0/s1. The van der Waals surface area contributed by atoms with E-state index in [-0.39, 0.29) is 31.1 Å². The Bertz CT molecular complexity index is 945. The molecule has 0 saturated carbocycles. The molecule has 0 aromatic carbocycles. The third-order valence-electron chi connectivity index (χ3n) is 7.02. The van der Waals surface area contributed by atoms with Crippen molar-refractivity contribution in [2.75, 3.05) is 13.1 Å². The number of carbonyl (C=O) groups is 6. The van der Waals surface area contributed by atoms with E-state index >= 15 is 0 Å². The Hall–Kier alpha value is -3.30. The number of rotatable bonds is 22. The molecule has 15 N–H and O–H groups in total. The van der Waals surface area contributed by atoms with Crippen molar-refractivity contribution in [2.24, 2.45) is 11.8 Å². The number of nitrogens with one attached hydrogen (secondary N) is 5. The molecule has 0 radical (unpaired) electrons. The van der Waals surface area contributed by atoms with Gasteiger partial charge in [-0.2, -0.15) is 0 Å². The van der Waals surface area contributed by atoms with E-state index < -0.39 is 71.8 Å². The zero-order chi connectivity index (χ0) is 34.0. The molecule has 5 amide bonds. The van der Waals surface area contributed by atoms with Crippen molar-refractivity contribution in [3.05, 3.63) is 0 Å². The molecule has 0 bridgehead atoms. The largest absolute Gasteiger partial charge is 0.480 e. The number of hydrogen-bond acceptors (Lipinski definition) is 6. The van der Waals surface area contributed by atoms with Gasteiger partial charge in [-0.1, -0.05) is 27.7 Å². The second-order valence-corrected chi connectivity index (χ2v) is 12.2. The fourth-order valence-electron chi connectivity index (χ4n) is 4.32. The van der Waals surface area contributed by atoms with E-state index in [0.717, 1.165) is 6.42 Å². The highest BCUT2D eigenvalue weighted by atomic mass is 16.4. The van der Waals surface area contributed by atoms with Crippen LogP contribution in [0.4, 0.5) is 0 Å². The molecule has 0 aliphatic carbocycles. The Balaban J connectivity index is 5.94. The fourth-order valence-corrected chi connectivity index (χ4v) is 4.32. The molecule has 0 spiro atoms. The van der Waals surface area contributed by atoms with Gasteiger partial charge in [-0.25, -0.2) is 4.79 Å². The van der Waals surface area contributed by atoms with E-state index in [1.54, 1.807) is 20.8 Å². The zero-order valence-electron chi connectivity index (χ0n) is 27.5. The first kappa shape index (κ1) is 40.7. The quantitative estimate of drug-likeness (QED) is 0.0548. The Kier molecular flexibility index (Phi) is 19.8. The number of amides is 5. The predicted molar refractivity (Wildman–Crippen MR) is 163 cm³/mol. The zero-order valence-corrected chi connectivity index (χ0v) is 27.5. The molecule has 0 fully saturated rings. The summed E-state index contributed by atoms with van der Waals surface area (Å²) in [6.45, 7) is 11.5. The lowest BCUT2D eigenvalue weighted by atomic mass is 9.99. The second-order valence-electron chi connectivity index (χ2n) is 12.2. The molecular weight excluding hydrogens is 572 g/mol. The van der Waals surface area contributed by atoms with Crippen LogP contribution in [0.15, 0.2) is 0 Å². The van der Waals surface area contributed by atoms with E-state index in [9.17, 15) is 33.9 Å². The minimum atomic E-state index is -1.18. The molecule has 15 nitrogen and oxygen atoms in total. The Morgan fingerprint density at radius 2 is 1.02 bits per heavy atom. The summed E-state index contributed by atoms with van der Waals surface area (Å²) in [4.78, 5) is 76.7. The van der Waals surface area contributed by atoms with E-state index in [2.05, 4.69) is 43.8 Å². The van der Waals surface area contributed by atoms with Gasteiger partial charge in [-0.05, 0) is 70.6 Å². The van der Waals surface area contributed by atoms with Gasteiger partial charge in [0.05, 0.1) is 13.1 Å². The molecule has 0 saturated heterocycles. The highest BCUT2D eigenvalue weighted by Gasteiger charge is 2.33. The van der Waals surface area contributed by atoms with Crippen LogP contribution >= 0.6 is 0 Å². The van der Waals surface area contributed by atoms with Crippen molar-refractivity contribution in [1.29, 1.82) is 0 Å². The second kappa shape index (κ2) is 21.4. The minimum Gasteiger partial charge on any atom is -0.480 e. The van der Waals surface area contributed by atoms with Crippen LogP contribution in [-0.2, 0) is 28.8 Å². The maximum absolute atomic E-state index is 13.5. The van der Waals surface area contributed by atoms with Gasteiger partial charge in [0, 0.05) is 0 Å².